The second kappa shape index (κ2) is 6.29. The van der Waals surface area contributed by atoms with Crippen LogP contribution < -0.4 is 5.32 Å². The molecule has 0 saturated carbocycles. The average molecular weight is 274 g/mol. The van der Waals surface area contributed by atoms with Gasteiger partial charge in [0.15, 0.2) is 0 Å². The summed E-state index contributed by atoms with van der Waals surface area (Å²) in [5.74, 6) is -0.155. The van der Waals surface area contributed by atoms with Crippen molar-refractivity contribution in [2.24, 2.45) is 0 Å². The predicted octanol–water partition coefficient (Wildman–Crippen LogP) is 1.07. The van der Waals surface area contributed by atoms with Crippen LogP contribution in [0.2, 0.25) is 0 Å². The number of benzene rings is 1. The Bertz CT molecular complexity index is 607. The third-order valence-corrected chi connectivity index (χ3v) is 2.92. The zero-order chi connectivity index (χ0) is 14.5. The van der Waals surface area contributed by atoms with Gasteiger partial charge >= 0.3 is 0 Å². The molecule has 2 rings (SSSR count). The van der Waals surface area contributed by atoms with E-state index >= 15 is 0 Å². The molecule has 6 nitrogen and oxygen atoms in total. The molecule has 1 aromatic heterocycles. The summed E-state index contributed by atoms with van der Waals surface area (Å²) < 4.78 is 1.46. The SMILES string of the molecule is Cc1ccc(NC(=O)Cn2cc(CCO)nn2)c(C)c1. The molecule has 0 bridgehead atoms. The number of aromatic nitrogens is 3. The van der Waals surface area contributed by atoms with Gasteiger partial charge in [0.2, 0.25) is 5.91 Å². The number of carbonyl (C=O) groups is 1. The zero-order valence-electron chi connectivity index (χ0n) is 11.6. The largest absolute Gasteiger partial charge is 0.396 e. The van der Waals surface area contributed by atoms with Crippen molar-refractivity contribution in [2.75, 3.05) is 11.9 Å². The maximum Gasteiger partial charge on any atom is 0.246 e. The fraction of sp³-hybridized carbons (Fsp3) is 0.357. The third-order valence-electron chi connectivity index (χ3n) is 2.92. The third kappa shape index (κ3) is 3.64. The summed E-state index contributed by atoms with van der Waals surface area (Å²) in [7, 11) is 0. The van der Waals surface area contributed by atoms with Gasteiger partial charge in [0.25, 0.3) is 0 Å². The molecule has 106 valence electrons. The molecule has 1 heterocycles. The van der Waals surface area contributed by atoms with Gasteiger partial charge in [-0.25, -0.2) is 4.68 Å². The van der Waals surface area contributed by atoms with Gasteiger partial charge in [0.1, 0.15) is 6.54 Å². The minimum atomic E-state index is -0.155. The van der Waals surface area contributed by atoms with Crippen LogP contribution in [0, 0.1) is 13.8 Å². The molecular weight excluding hydrogens is 256 g/mol. The Morgan fingerprint density at radius 3 is 2.90 bits per heavy atom. The summed E-state index contributed by atoms with van der Waals surface area (Å²) in [5, 5.41) is 19.4. The maximum atomic E-state index is 11.9. The van der Waals surface area contributed by atoms with Crippen LogP contribution in [0.1, 0.15) is 16.8 Å². The molecule has 2 aromatic rings. The second-order valence-electron chi connectivity index (χ2n) is 4.75. The van der Waals surface area contributed by atoms with Crippen molar-refractivity contribution in [3.05, 3.63) is 41.2 Å². The monoisotopic (exact) mass is 274 g/mol. The van der Waals surface area contributed by atoms with Crippen LogP contribution in [0.4, 0.5) is 5.69 Å². The van der Waals surface area contributed by atoms with Gasteiger partial charge in [-0.1, -0.05) is 22.9 Å². The van der Waals surface area contributed by atoms with Crippen molar-refractivity contribution in [2.45, 2.75) is 26.8 Å². The fourth-order valence-electron chi connectivity index (χ4n) is 1.94. The Kier molecular flexibility index (Phi) is 4.47. The summed E-state index contributed by atoms with van der Waals surface area (Å²) in [6.07, 6.45) is 2.11. The minimum Gasteiger partial charge on any atom is -0.396 e. The molecule has 0 aliphatic carbocycles. The number of aryl methyl sites for hydroxylation is 2. The first-order valence-corrected chi connectivity index (χ1v) is 6.45. The van der Waals surface area contributed by atoms with E-state index in [-0.39, 0.29) is 19.1 Å². The first-order chi connectivity index (χ1) is 9.58. The van der Waals surface area contributed by atoms with Crippen molar-refractivity contribution in [1.29, 1.82) is 0 Å². The molecule has 0 unspecified atom stereocenters. The number of hydrogen-bond acceptors (Lipinski definition) is 4. The average Bonchev–Trinajstić information content (AvgIpc) is 2.81. The highest BCUT2D eigenvalue weighted by Crippen LogP contribution is 2.15. The summed E-state index contributed by atoms with van der Waals surface area (Å²) in [6.45, 7) is 4.09. The van der Waals surface area contributed by atoms with E-state index in [1.54, 1.807) is 6.20 Å². The number of hydrogen-bond donors (Lipinski definition) is 2. The van der Waals surface area contributed by atoms with Crippen molar-refractivity contribution >= 4 is 11.6 Å². The molecule has 1 amide bonds. The summed E-state index contributed by atoms with van der Waals surface area (Å²) >= 11 is 0. The van der Waals surface area contributed by atoms with Gasteiger partial charge in [-0.3, -0.25) is 4.79 Å². The van der Waals surface area contributed by atoms with E-state index in [9.17, 15) is 4.79 Å². The number of amides is 1. The lowest BCUT2D eigenvalue weighted by atomic mass is 10.1. The Morgan fingerprint density at radius 1 is 1.40 bits per heavy atom. The van der Waals surface area contributed by atoms with Crippen LogP contribution in [-0.4, -0.2) is 32.6 Å². The van der Waals surface area contributed by atoms with E-state index in [1.807, 2.05) is 32.0 Å². The van der Waals surface area contributed by atoms with Crippen LogP contribution in [0.25, 0.3) is 0 Å². The van der Waals surface area contributed by atoms with Crippen LogP contribution in [0.3, 0.4) is 0 Å². The summed E-state index contributed by atoms with van der Waals surface area (Å²) in [5.41, 5.74) is 3.66. The molecule has 0 saturated heterocycles. The molecule has 0 aliphatic heterocycles. The Labute approximate surface area is 117 Å². The number of aliphatic hydroxyl groups is 1. The fourth-order valence-corrected chi connectivity index (χ4v) is 1.94. The lowest BCUT2D eigenvalue weighted by molar-refractivity contribution is -0.116. The molecule has 0 spiro atoms. The van der Waals surface area contributed by atoms with Gasteiger partial charge in [-0.15, -0.1) is 5.10 Å². The van der Waals surface area contributed by atoms with Crippen molar-refractivity contribution in [1.82, 2.24) is 15.0 Å². The molecule has 6 heteroatoms. The highest BCUT2D eigenvalue weighted by Gasteiger charge is 2.08. The van der Waals surface area contributed by atoms with E-state index in [0.717, 1.165) is 16.8 Å². The number of anilines is 1. The van der Waals surface area contributed by atoms with E-state index < -0.39 is 0 Å². The zero-order valence-corrected chi connectivity index (χ0v) is 11.6. The van der Waals surface area contributed by atoms with Crippen molar-refractivity contribution in [3.8, 4) is 0 Å². The number of carbonyl (C=O) groups excluding carboxylic acids is 1. The Hall–Kier alpha value is -2.21. The molecule has 0 aliphatic rings. The van der Waals surface area contributed by atoms with Crippen LogP contribution in [0.5, 0.6) is 0 Å². The highest BCUT2D eigenvalue weighted by molar-refractivity contribution is 5.91. The van der Waals surface area contributed by atoms with Crippen LogP contribution >= 0.6 is 0 Å². The van der Waals surface area contributed by atoms with Gasteiger partial charge in [-0.05, 0) is 25.5 Å². The topological polar surface area (TPSA) is 80.0 Å². The molecule has 0 radical (unpaired) electrons. The van der Waals surface area contributed by atoms with E-state index in [1.165, 1.54) is 4.68 Å². The Balaban J connectivity index is 1.97. The molecule has 2 N–H and O–H groups in total. The first kappa shape index (κ1) is 14.2. The molecule has 1 aromatic carbocycles. The standard InChI is InChI=1S/C14H18N4O2/c1-10-3-4-13(11(2)7-10)15-14(20)9-18-8-12(5-6-19)16-17-18/h3-4,7-8,19H,5-6,9H2,1-2H3,(H,15,20). The second-order valence-corrected chi connectivity index (χ2v) is 4.75. The van der Waals surface area contributed by atoms with E-state index in [0.29, 0.717) is 12.1 Å². The van der Waals surface area contributed by atoms with Gasteiger partial charge in [0, 0.05) is 24.9 Å². The first-order valence-electron chi connectivity index (χ1n) is 6.45. The minimum absolute atomic E-state index is 0.0213. The van der Waals surface area contributed by atoms with Crippen molar-refractivity contribution in [3.63, 3.8) is 0 Å². The molecular formula is C14H18N4O2. The van der Waals surface area contributed by atoms with Gasteiger partial charge in [0.05, 0.1) is 5.69 Å². The summed E-state index contributed by atoms with van der Waals surface area (Å²) in [6, 6.07) is 5.86. The number of nitrogens with zero attached hydrogens (tertiary/aromatic N) is 3. The highest BCUT2D eigenvalue weighted by atomic mass is 16.3. The predicted molar refractivity (Wildman–Crippen MR) is 75.4 cm³/mol. The smallest absolute Gasteiger partial charge is 0.246 e. The lowest BCUT2D eigenvalue weighted by Crippen LogP contribution is -2.19. The van der Waals surface area contributed by atoms with Crippen LogP contribution in [0.15, 0.2) is 24.4 Å². The van der Waals surface area contributed by atoms with Gasteiger partial charge in [-0.2, -0.15) is 0 Å². The van der Waals surface area contributed by atoms with Crippen molar-refractivity contribution < 1.29 is 9.90 Å². The number of nitrogens with one attached hydrogen (secondary N) is 1. The number of rotatable bonds is 5. The normalized spacial score (nSPS) is 10.6. The number of aliphatic hydroxyl groups excluding tert-OH is 1. The Morgan fingerprint density at radius 2 is 2.20 bits per heavy atom. The van der Waals surface area contributed by atoms with Crippen LogP contribution in [-0.2, 0) is 17.8 Å². The van der Waals surface area contributed by atoms with Gasteiger partial charge < -0.3 is 10.4 Å². The van der Waals surface area contributed by atoms with E-state index in [2.05, 4.69) is 15.6 Å². The van der Waals surface area contributed by atoms with E-state index in [4.69, 9.17) is 5.11 Å². The summed E-state index contributed by atoms with van der Waals surface area (Å²) in [4.78, 5) is 11.9. The molecule has 0 atom stereocenters. The molecule has 20 heavy (non-hydrogen) atoms. The lowest BCUT2D eigenvalue weighted by Gasteiger charge is -2.08. The quantitative estimate of drug-likeness (QED) is 0.854. The maximum absolute atomic E-state index is 11.9. The molecule has 0 fully saturated rings.